The first-order chi connectivity index (χ1) is 7.21. The molecule has 1 unspecified atom stereocenters. The molecule has 15 heavy (non-hydrogen) atoms. The van der Waals surface area contributed by atoms with E-state index in [0.29, 0.717) is 18.1 Å². The van der Waals surface area contributed by atoms with E-state index in [1.165, 1.54) is 38.8 Å². The summed E-state index contributed by atoms with van der Waals surface area (Å²) in [7, 11) is 0. The molecule has 1 atom stereocenters. The van der Waals surface area contributed by atoms with Gasteiger partial charge in [0.1, 0.15) is 0 Å². The second kappa shape index (κ2) is 5.86. The Morgan fingerprint density at radius 1 is 1.13 bits per heavy atom. The van der Waals surface area contributed by atoms with Crippen LogP contribution in [-0.4, -0.2) is 35.7 Å². The Hall–Kier alpha value is -0.0800. The third kappa shape index (κ3) is 2.94. The molecule has 0 aromatic rings. The number of hydrogen-bond donors (Lipinski definition) is 1. The summed E-state index contributed by atoms with van der Waals surface area (Å²) in [5, 5.41) is 9.25. The first-order valence-corrected chi connectivity index (χ1v) is 6.56. The average Bonchev–Trinajstić information content (AvgIpc) is 2.17. The summed E-state index contributed by atoms with van der Waals surface area (Å²) >= 11 is 0. The predicted molar refractivity (Wildman–Crippen MR) is 65.0 cm³/mol. The average molecular weight is 213 g/mol. The molecule has 0 saturated carbocycles. The summed E-state index contributed by atoms with van der Waals surface area (Å²) < 4.78 is 0. The maximum absolute atomic E-state index is 9.25. The second-order valence-electron chi connectivity index (χ2n) is 5.15. The zero-order chi connectivity index (χ0) is 11.3. The SMILES string of the molecule is CCCC1(CCC)CN(C(CC)CO)C1. The molecule has 1 fully saturated rings. The van der Waals surface area contributed by atoms with Gasteiger partial charge in [-0.05, 0) is 24.7 Å². The number of nitrogens with zero attached hydrogens (tertiary/aromatic N) is 1. The fourth-order valence-corrected chi connectivity index (χ4v) is 3.08. The predicted octanol–water partition coefficient (Wildman–Crippen LogP) is 2.66. The minimum atomic E-state index is 0.324. The van der Waals surface area contributed by atoms with Crippen LogP contribution in [0.4, 0.5) is 0 Å². The molecule has 1 N–H and O–H groups in total. The summed E-state index contributed by atoms with van der Waals surface area (Å²) in [6, 6.07) is 0.409. The molecule has 0 spiro atoms. The van der Waals surface area contributed by atoms with Crippen LogP contribution in [0.15, 0.2) is 0 Å². The van der Waals surface area contributed by atoms with Gasteiger partial charge in [0.2, 0.25) is 0 Å². The van der Waals surface area contributed by atoms with Crippen molar-refractivity contribution < 1.29 is 5.11 Å². The highest BCUT2D eigenvalue weighted by molar-refractivity contribution is 4.96. The Balaban J connectivity index is 2.41. The molecule has 0 amide bonds. The third-order valence-corrected chi connectivity index (χ3v) is 3.84. The van der Waals surface area contributed by atoms with E-state index >= 15 is 0 Å². The molecule has 0 radical (unpaired) electrons. The van der Waals surface area contributed by atoms with Crippen molar-refractivity contribution in [2.75, 3.05) is 19.7 Å². The second-order valence-corrected chi connectivity index (χ2v) is 5.15. The zero-order valence-electron chi connectivity index (χ0n) is 10.6. The lowest BCUT2D eigenvalue weighted by Gasteiger charge is -2.53. The van der Waals surface area contributed by atoms with Crippen molar-refractivity contribution in [1.82, 2.24) is 4.90 Å². The minimum absolute atomic E-state index is 0.324. The summed E-state index contributed by atoms with van der Waals surface area (Å²) in [6.45, 7) is 9.49. The lowest BCUT2D eigenvalue weighted by atomic mass is 9.72. The van der Waals surface area contributed by atoms with Gasteiger partial charge in [0.05, 0.1) is 6.61 Å². The fraction of sp³-hybridized carbons (Fsp3) is 1.00. The lowest BCUT2D eigenvalue weighted by molar-refractivity contribution is -0.0576. The van der Waals surface area contributed by atoms with E-state index in [2.05, 4.69) is 25.7 Å². The van der Waals surface area contributed by atoms with E-state index in [1.54, 1.807) is 0 Å². The Morgan fingerprint density at radius 2 is 1.67 bits per heavy atom. The molecule has 1 aliphatic rings. The molecule has 0 aromatic carbocycles. The number of aliphatic hydroxyl groups excluding tert-OH is 1. The molecule has 2 heteroatoms. The first-order valence-electron chi connectivity index (χ1n) is 6.56. The lowest BCUT2D eigenvalue weighted by Crippen LogP contribution is -2.60. The van der Waals surface area contributed by atoms with Crippen LogP contribution in [0.25, 0.3) is 0 Å². The smallest absolute Gasteiger partial charge is 0.0586 e. The molecular weight excluding hydrogens is 186 g/mol. The van der Waals surface area contributed by atoms with E-state index < -0.39 is 0 Å². The molecule has 1 heterocycles. The Kier molecular flexibility index (Phi) is 5.07. The van der Waals surface area contributed by atoms with E-state index in [9.17, 15) is 5.11 Å². The van der Waals surface area contributed by atoms with Gasteiger partial charge >= 0.3 is 0 Å². The number of rotatable bonds is 7. The molecule has 0 aromatic heterocycles. The van der Waals surface area contributed by atoms with E-state index in [0.717, 1.165) is 6.42 Å². The summed E-state index contributed by atoms with van der Waals surface area (Å²) in [4.78, 5) is 2.46. The normalized spacial score (nSPS) is 22.4. The highest BCUT2D eigenvalue weighted by Gasteiger charge is 2.43. The van der Waals surface area contributed by atoms with Crippen molar-refractivity contribution in [3.05, 3.63) is 0 Å². The maximum Gasteiger partial charge on any atom is 0.0586 e. The van der Waals surface area contributed by atoms with Crippen molar-refractivity contribution in [3.8, 4) is 0 Å². The van der Waals surface area contributed by atoms with Gasteiger partial charge in [0.15, 0.2) is 0 Å². The zero-order valence-corrected chi connectivity index (χ0v) is 10.6. The van der Waals surface area contributed by atoms with E-state index in [4.69, 9.17) is 0 Å². The van der Waals surface area contributed by atoms with Crippen molar-refractivity contribution in [2.45, 2.75) is 58.9 Å². The van der Waals surface area contributed by atoms with Crippen LogP contribution in [0.2, 0.25) is 0 Å². The maximum atomic E-state index is 9.25. The summed E-state index contributed by atoms with van der Waals surface area (Å²) in [6.07, 6.45) is 6.39. The quantitative estimate of drug-likeness (QED) is 0.703. The van der Waals surface area contributed by atoms with Crippen LogP contribution in [0.1, 0.15) is 52.9 Å². The van der Waals surface area contributed by atoms with Gasteiger partial charge < -0.3 is 5.11 Å². The standard InChI is InChI=1S/C13H27NO/c1-4-7-13(8-5-2)10-14(11-13)12(6-3)9-15/h12,15H,4-11H2,1-3H3. The Morgan fingerprint density at radius 3 is 2.00 bits per heavy atom. The van der Waals surface area contributed by atoms with Gasteiger partial charge in [-0.2, -0.15) is 0 Å². The summed E-state index contributed by atoms with van der Waals surface area (Å²) in [5.74, 6) is 0. The van der Waals surface area contributed by atoms with Gasteiger partial charge in [-0.15, -0.1) is 0 Å². The van der Waals surface area contributed by atoms with Gasteiger partial charge in [0, 0.05) is 19.1 Å². The van der Waals surface area contributed by atoms with Crippen LogP contribution >= 0.6 is 0 Å². The summed E-state index contributed by atoms with van der Waals surface area (Å²) in [5.41, 5.74) is 0.589. The highest BCUT2D eigenvalue weighted by Crippen LogP contribution is 2.40. The minimum Gasteiger partial charge on any atom is -0.395 e. The molecule has 1 saturated heterocycles. The molecule has 2 nitrogen and oxygen atoms in total. The molecule has 1 aliphatic heterocycles. The van der Waals surface area contributed by atoms with Crippen molar-refractivity contribution in [2.24, 2.45) is 5.41 Å². The van der Waals surface area contributed by atoms with Crippen molar-refractivity contribution in [1.29, 1.82) is 0 Å². The first kappa shape index (κ1) is 13.0. The van der Waals surface area contributed by atoms with E-state index in [1.807, 2.05) is 0 Å². The molecule has 0 bridgehead atoms. The topological polar surface area (TPSA) is 23.5 Å². The number of hydrogen-bond acceptors (Lipinski definition) is 2. The Bertz CT molecular complexity index is 163. The molecule has 90 valence electrons. The van der Waals surface area contributed by atoms with Gasteiger partial charge in [0.25, 0.3) is 0 Å². The van der Waals surface area contributed by atoms with Crippen molar-refractivity contribution in [3.63, 3.8) is 0 Å². The van der Waals surface area contributed by atoms with Crippen LogP contribution in [-0.2, 0) is 0 Å². The molecular formula is C13H27NO. The largest absolute Gasteiger partial charge is 0.395 e. The van der Waals surface area contributed by atoms with Gasteiger partial charge in [-0.1, -0.05) is 33.6 Å². The monoisotopic (exact) mass is 213 g/mol. The van der Waals surface area contributed by atoms with Crippen LogP contribution in [0.5, 0.6) is 0 Å². The van der Waals surface area contributed by atoms with Crippen LogP contribution < -0.4 is 0 Å². The Labute approximate surface area is 94.7 Å². The molecule has 0 aliphatic carbocycles. The molecule has 1 rings (SSSR count). The number of aliphatic hydroxyl groups is 1. The van der Waals surface area contributed by atoms with Gasteiger partial charge in [-0.25, -0.2) is 0 Å². The fourth-order valence-electron chi connectivity index (χ4n) is 3.08. The van der Waals surface area contributed by atoms with E-state index in [-0.39, 0.29) is 0 Å². The highest BCUT2D eigenvalue weighted by atomic mass is 16.3. The van der Waals surface area contributed by atoms with Crippen molar-refractivity contribution >= 4 is 0 Å². The van der Waals surface area contributed by atoms with Crippen LogP contribution in [0.3, 0.4) is 0 Å². The van der Waals surface area contributed by atoms with Gasteiger partial charge in [-0.3, -0.25) is 4.90 Å². The number of likely N-dealkylation sites (tertiary alicyclic amines) is 1. The third-order valence-electron chi connectivity index (χ3n) is 3.84. The van der Waals surface area contributed by atoms with Crippen LogP contribution in [0, 0.1) is 5.41 Å².